The average molecular weight is 163 g/mol. The van der Waals surface area contributed by atoms with Crippen molar-refractivity contribution in [2.75, 3.05) is 6.54 Å². The van der Waals surface area contributed by atoms with Gasteiger partial charge in [0.25, 0.3) is 0 Å². The van der Waals surface area contributed by atoms with Crippen molar-refractivity contribution in [2.24, 2.45) is 4.99 Å². The van der Waals surface area contributed by atoms with E-state index in [0.717, 1.165) is 13.0 Å². The molecule has 0 aliphatic heterocycles. The van der Waals surface area contributed by atoms with Gasteiger partial charge in [0.2, 0.25) is 0 Å². The number of rotatable bonds is 7. The van der Waals surface area contributed by atoms with Gasteiger partial charge in [0, 0.05) is 6.54 Å². The zero-order chi connectivity index (χ0) is 8.36. The minimum absolute atomic E-state index is 0. The largest absolute Gasteiger partial charge is 1.00 e. The number of nitrogens with zero attached hydrogens (tertiary/aromatic N) is 1. The molecule has 1 nitrogen and oxygen atoms in total. The van der Waals surface area contributed by atoms with E-state index in [-0.39, 0.29) is 20.3 Å². The molecule has 0 amide bonds. The maximum atomic E-state index is 4.26. The van der Waals surface area contributed by atoms with E-state index >= 15 is 0 Å². The molecule has 0 radical (unpaired) electrons. The summed E-state index contributed by atoms with van der Waals surface area (Å²) in [5, 5.41) is 0. The molecule has 0 aromatic heterocycles. The predicted octanol–water partition coefficient (Wildman–Crippen LogP) is 0.554. The fourth-order valence-electron chi connectivity index (χ4n) is 1.03. The van der Waals surface area contributed by atoms with Gasteiger partial charge in [-0.15, -0.1) is 0 Å². The van der Waals surface area contributed by atoms with E-state index in [1.807, 2.05) is 6.21 Å². The Kier molecular flexibility index (Phi) is 17.0. The Bertz CT molecular complexity index is 96.9. The molecule has 0 aliphatic rings. The van der Waals surface area contributed by atoms with Gasteiger partial charge in [0.15, 0.2) is 0 Å². The predicted molar refractivity (Wildman–Crippen MR) is 53.5 cm³/mol. The second-order valence-electron chi connectivity index (χ2n) is 2.91. The SMILES string of the molecule is CCC=NCCCCCCC.[H-].[Li+]. The Morgan fingerprint density at radius 1 is 1.08 bits per heavy atom. The fraction of sp³-hybridized carbons (Fsp3) is 0.900. The second kappa shape index (κ2) is 13.8. The molecule has 0 rings (SSSR count). The first-order valence-electron chi connectivity index (χ1n) is 4.90. The van der Waals surface area contributed by atoms with Gasteiger partial charge in [-0.25, -0.2) is 0 Å². The summed E-state index contributed by atoms with van der Waals surface area (Å²) >= 11 is 0. The molecule has 0 spiro atoms. The van der Waals surface area contributed by atoms with E-state index in [9.17, 15) is 0 Å². The van der Waals surface area contributed by atoms with Crippen molar-refractivity contribution in [2.45, 2.75) is 52.4 Å². The van der Waals surface area contributed by atoms with Crippen LogP contribution in [0.2, 0.25) is 0 Å². The normalized spacial score (nSPS) is 10.2. The summed E-state index contributed by atoms with van der Waals surface area (Å²) in [4.78, 5) is 4.26. The molecule has 12 heavy (non-hydrogen) atoms. The van der Waals surface area contributed by atoms with Crippen molar-refractivity contribution < 1.29 is 20.3 Å². The zero-order valence-electron chi connectivity index (χ0n) is 9.97. The van der Waals surface area contributed by atoms with Gasteiger partial charge in [-0.1, -0.05) is 39.5 Å². The minimum atomic E-state index is 0. The first-order valence-corrected chi connectivity index (χ1v) is 4.90. The van der Waals surface area contributed by atoms with E-state index in [1.165, 1.54) is 32.1 Å². The quantitative estimate of drug-likeness (QED) is 0.295. The van der Waals surface area contributed by atoms with E-state index in [4.69, 9.17) is 0 Å². The molecule has 68 valence electrons. The fourth-order valence-corrected chi connectivity index (χ4v) is 1.03. The van der Waals surface area contributed by atoms with Crippen molar-refractivity contribution in [1.29, 1.82) is 0 Å². The van der Waals surface area contributed by atoms with Crippen LogP contribution in [-0.2, 0) is 0 Å². The maximum absolute atomic E-state index is 4.26. The van der Waals surface area contributed by atoms with Crippen LogP contribution < -0.4 is 18.9 Å². The molecule has 0 aliphatic carbocycles. The van der Waals surface area contributed by atoms with E-state index < -0.39 is 0 Å². The van der Waals surface area contributed by atoms with Crippen LogP contribution in [0.25, 0.3) is 0 Å². The van der Waals surface area contributed by atoms with E-state index in [2.05, 4.69) is 18.8 Å². The maximum Gasteiger partial charge on any atom is 1.00 e. The molecule has 0 aromatic rings. The summed E-state index contributed by atoms with van der Waals surface area (Å²) in [6, 6.07) is 0. The summed E-state index contributed by atoms with van der Waals surface area (Å²) in [6.45, 7) is 5.41. The first-order chi connectivity index (χ1) is 5.41. The summed E-state index contributed by atoms with van der Waals surface area (Å²) in [5.74, 6) is 0. The molecule has 0 aromatic carbocycles. The van der Waals surface area contributed by atoms with Gasteiger partial charge >= 0.3 is 18.9 Å². The zero-order valence-corrected chi connectivity index (χ0v) is 8.97. The van der Waals surface area contributed by atoms with Gasteiger partial charge in [-0.2, -0.15) is 0 Å². The molecule has 0 unspecified atom stereocenters. The van der Waals surface area contributed by atoms with Crippen LogP contribution in [0.15, 0.2) is 4.99 Å². The molecule has 0 heterocycles. The molecular formula is C10H22LiN. The summed E-state index contributed by atoms with van der Waals surface area (Å²) in [5.41, 5.74) is 0. The Morgan fingerprint density at radius 3 is 2.33 bits per heavy atom. The third-order valence-electron chi connectivity index (χ3n) is 1.70. The molecule has 2 heteroatoms. The Morgan fingerprint density at radius 2 is 1.75 bits per heavy atom. The Balaban J connectivity index is -0.000000500. The topological polar surface area (TPSA) is 12.4 Å². The molecule has 0 N–H and O–H groups in total. The van der Waals surface area contributed by atoms with E-state index in [1.54, 1.807) is 0 Å². The van der Waals surface area contributed by atoms with Gasteiger partial charge in [-0.05, 0) is 19.1 Å². The third kappa shape index (κ3) is 12.9. The second-order valence-corrected chi connectivity index (χ2v) is 2.91. The number of unbranched alkanes of at least 4 members (excludes halogenated alkanes) is 4. The van der Waals surface area contributed by atoms with Gasteiger partial charge in [0.05, 0.1) is 0 Å². The van der Waals surface area contributed by atoms with Crippen molar-refractivity contribution in [3.05, 3.63) is 0 Å². The van der Waals surface area contributed by atoms with Gasteiger partial charge in [-0.3, -0.25) is 4.99 Å². The van der Waals surface area contributed by atoms with Crippen LogP contribution in [0.1, 0.15) is 53.8 Å². The van der Waals surface area contributed by atoms with Crippen LogP contribution in [0.5, 0.6) is 0 Å². The number of aliphatic imine (C=N–C) groups is 1. The molecular weight excluding hydrogens is 141 g/mol. The standard InChI is InChI=1S/C10H21N.Li.H/c1-3-5-6-7-8-10-11-9-4-2;;/h9H,3-8,10H2,1-2H3;;/q;+1;-1. The summed E-state index contributed by atoms with van der Waals surface area (Å²) in [7, 11) is 0. The molecule has 0 bridgehead atoms. The summed E-state index contributed by atoms with van der Waals surface area (Å²) in [6.07, 6.45) is 9.83. The average Bonchev–Trinajstić information content (AvgIpc) is 2.03. The third-order valence-corrected chi connectivity index (χ3v) is 1.70. The van der Waals surface area contributed by atoms with Gasteiger partial charge < -0.3 is 1.43 Å². The monoisotopic (exact) mass is 163 g/mol. The van der Waals surface area contributed by atoms with Crippen molar-refractivity contribution in [3.8, 4) is 0 Å². The molecule has 0 atom stereocenters. The van der Waals surface area contributed by atoms with Crippen LogP contribution in [0.3, 0.4) is 0 Å². The Labute approximate surface area is 90.7 Å². The van der Waals surface area contributed by atoms with E-state index in [0.29, 0.717) is 0 Å². The van der Waals surface area contributed by atoms with Crippen LogP contribution >= 0.6 is 0 Å². The van der Waals surface area contributed by atoms with Crippen LogP contribution in [-0.4, -0.2) is 12.8 Å². The van der Waals surface area contributed by atoms with Crippen LogP contribution in [0, 0.1) is 0 Å². The smallest absolute Gasteiger partial charge is 1.00 e. The molecule has 0 saturated carbocycles. The van der Waals surface area contributed by atoms with Gasteiger partial charge in [0.1, 0.15) is 0 Å². The summed E-state index contributed by atoms with van der Waals surface area (Å²) < 4.78 is 0. The molecule has 0 saturated heterocycles. The number of hydrogen-bond acceptors (Lipinski definition) is 1. The van der Waals surface area contributed by atoms with Crippen molar-refractivity contribution in [3.63, 3.8) is 0 Å². The molecule has 0 fully saturated rings. The van der Waals surface area contributed by atoms with Crippen LogP contribution in [0.4, 0.5) is 0 Å². The first kappa shape index (κ1) is 14.8. The Hall–Kier alpha value is 0.267. The minimum Gasteiger partial charge on any atom is -1.00 e. The van der Waals surface area contributed by atoms with Crippen molar-refractivity contribution in [1.82, 2.24) is 0 Å². The number of hydrogen-bond donors (Lipinski definition) is 0. The van der Waals surface area contributed by atoms with Crippen molar-refractivity contribution >= 4 is 6.21 Å².